The molecule has 0 unspecified atom stereocenters. The molecule has 118 valence electrons. The number of unbranched alkanes of at least 4 members (excludes halogenated alkanes) is 1. The summed E-state index contributed by atoms with van der Waals surface area (Å²) in [5, 5.41) is 12.2. The fourth-order valence-corrected chi connectivity index (χ4v) is 2.22. The first-order valence-electron chi connectivity index (χ1n) is 7.87. The fourth-order valence-electron chi connectivity index (χ4n) is 2.22. The number of hydrogen-bond acceptors (Lipinski definition) is 3. The van der Waals surface area contributed by atoms with Gasteiger partial charge >= 0.3 is 0 Å². The number of aryl methyl sites for hydroxylation is 1. The average Bonchev–Trinajstić information content (AvgIpc) is 2.55. The molecule has 0 aliphatic heterocycles. The van der Waals surface area contributed by atoms with Crippen LogP contribution >= 0.6 is 0 Å². The lowest BCUT2D eigenvalue weighted by molar-refractivity contribution is 0.283. The molecule has 2 N–H and O–H groups in total. The van der Waals surface area contributed by atoms with Crippen LogP contribution in [-0.2, 0) is 13.2 Å². The van der Waals surface area contributed by atoms with Gasteiger partial charge < -0.3 is 15.2 Å². The van der Waals surface area contributed by atoms with Crippen molar-refractivity contribution in [2.75, 3.05) is 13.2 Å². The maximum absolute atomic E-state index is 8.77. The third-order valence-corrected chi connectivity index (χ3v) is 3.56. The number of aliphatic hydroxyl groups excluding tert-OH is 1. The third kappa shape index (κ3) is 5.51. The molecule has 0 fully saturated rings. The van der Waals surface area contributed by atoms with Crippen LogP contribution in [0.1, 0.15) is 29.5 Å². The van der Waals surface area contributed by atoms with Gasteiger partial charge in [0.25, 0.3) is 0 Å². The minimum absolute atomic E-state index is 0.262. The normalized spacial score (nSPS) is 10.6. The zero-order valence-corrected chi connectivity index (χ0v) is 13.2. The van der Waals surface area contributed by atoms with Gasteiger partial charge in [-0.3, -0.25) is 0 Å². The van der Waals surface area contributed by atoms with Crippen LogP contribution in [0.15, 0.2) is 48.5 Å². The van der Waals surface area contributed by atoms with Gasteiger partial charge in [0.1, 0.15) is 12.4 Å². The maximum Gasteiger partial charge on any atom is 0.124 e. The second kappa shape index (κ2) is 9.23. The summed E-state index contributed by atoms with van der Waals surface area (Å²) in [5.41, 5.74) is 3.60. The van der Waals surface area contributed by atoms with E-state index in [1.165, 1.54) is 16.7 Å². The number of aliphatic hydroxyl groups is 1. The molecule has 0 amide bonds. The number of nitrogens with one attached hydrogen (secondary N) is 1. The standard InChI is InChI=1S/C19H25NO2/c1-16-8-10-17(11-9-16)15-22-19-7-3-2-6-18(19)14-20-12-4-5-13-21/h2-3,6-11,20-21H,4-5,12-15H2,1H3. The Morgan fingerprint density at radius 1 is 1.00 bits per heavy atom. The van der Waals surface area contributed by atoms with E-state index in [4.69, 9.17) is 9.84 Å². The summed E-state index contributed by atoms with van der Waals surface area (Å²) in [5.74, 6) is 0.928. The van der Waals surface area contributed by atoms with Crippen molar-refractivity contribution < 1.29 is 9.84 Å². The van der Waals surface area contributed by atoms with Crippen LogP contribution in [0.3, 0.4) is 0 Å². The average molecular weight is 299 g/mol. The van der Waals surface area contributed by atoms with Crippen molar-refractivity contribution in [3.63, 3.8) is 0 Å². The number of benzene rings is 2. The summed E-state index contributed by atoms with van der Waals surface area (Å²) < 4.78 is 5.96. The lowest BCUT2D eigenvalue weighted by Crippen LogP contribution is -2.15. The number of para-hydroxylation sites is 1. The lowest BCUT2D eigenvalue weighted by Gasteiger charge is -2.12. The molecular formula is C19H25NO2. The van der Waals surface area contributed by atoms with Gasteiger partial charge in [-0.15, -0.1) is 0 Å². The van der Waals surface area contributed by atoms with Crippen LogP contribution in [0.4, 0.5) is 0 Å². The summed E-state index contributed by atoms with van der Waals surface area (Å²) >= 11 is 0. The molecule has 22 heavy (non-hydrogen) atoms. The third-order valence-electron chi connectivity index (χ3n) is 3.56. The zero-order chi connectivity index (χ0) is 15.6. The Bertz CT molecular complexity index is 552. The predicted octanol–water partition coefficient (Wildman–Crippen LogP) is 3.44. The fraction of sp³-hybridized carbons (Fsp3) is 0.368. The molecule has 0 aromatic heterocycles. The van der Waals surface area contributed by atoms with Gasteiger partial charge in [-0.25, -0.2) is 0 Å². The molecule has 2 aromatic carbocycles. The second-order valence-corrected chi connectivity index (χ2v) is 5.49. The highest BCUT2D eigenvalue weighted by Crippen LogP contribution is 2.19. The Morgan fingerprint density at radius 3 is 2.55 bits per heavy atom. The molecule has 3 nitrogen and oxygen atoms in total. The summed E-state index contributed by atoms with van der Waals surface area (Å²) in [6, 6.07) is 16.5. The molecule has 0 aliphatic carbocycles. The Balaban J connectivity index is 1.86. The van der Waals surface area contributed by atoms with Crippen LogP contribution in [0.2, 0.25) is 0 Å². The molecule has 0 radical (unpaired) electrons. The van der Waals surface area contributed by atoms with Crippen LogP contribution in [-0.4, -0.2) is 18.3 Å². The van der Waals surface area contributed by atoms with Crippen molar-refractivity contribution in [3.8, 4) is 5.75 Å². The molecule has 2 aromatic rings. The van der Waals surface area contributed by atoms with E-state index in [0.29, 0.717) is 6.61 Å². The molecule has 3 heteroatoms. The molecule has 2 rings (SSSR count). The summed E-state index contributed by atoms with van der Waals surface area (Å²) in [6.45, 7) is 4.63. The van der Waals surface area contributed by atoms with E-state index in [0.717, 1.165) is 31.7 Å². The highest BCUT2D eigenvalue weighted by molar-refractivity contribution is 5.33. The van der Waals surface area contributed by atoms with E-state index >= 15 is 0 Å². The van der Waals surface area contributed by atoms with Gasteiger partial charge in [0.05, 0.1) is 0 Å². The van der Waals surface area contributed by atoms with Crippen LogP contribution < -0.4 is 10.1 Å². The van der Waals surface area contributed by atoms with E-state index < -0.39 is 0 Å². The number of ether oxygens (including phenoxy) is 1. The highest BCUT2D eigenvalue weighted by atomic mass is 16.5. The Morgan fingerprint density at radius 2 is 1.77 bits per heavy atom. The van der Waals surface area contributed by atoms with Gasteiger partial charge in [-0.2, -0.15) is 0 Å². The van der Waals surface area contributed by atoms with Crippen LogP contribution in [0, 0.1) is 6.92 Å². The van der Waals surface area contributed by atoms with E-state index in [-0.39, 0.29) is 6.61 Å². The summed E-state index contributed by atoms with van der Waals surface area (Å²) in [7, 11) is 0. The van der Waals surface area contributed by atoms with E-state index in [1.807, 2.05) is 18.2 Å². The van der Waals surface area contributed by atoms with Crippen molar-refractivity contribution in [2.45, 2.75) is 32.9 Å². The van der Waals surface area contributed by atoms with Crippen molar-refractivity contribution in [2.24, 2.45) is 0 Å². The predicted molar refractivity (Wildman–Crippen MR) is 90.0 cm³/mol. The summed E-state index contributed by atoms with van der Waals surface area (Å²) in [6.07, 6.45) is 1.83. The first-order valence-corrected chi connectivity index (χ1v) is 7.87. The first-order chi connectivity index (χ1) is 10.8. The van der Waals surface area contributed by atoms with E-state index in [2.05, 4.69) is 42.6 Å². The molecular weight excluding hydrogens is 274 g/mol. The van der Waals surface area contributed by atoms with Gasteiger partial charge in [-0.05, 0) is 37.9 Å². The SMILES string of the molecule is Cc1ccc(COc2ccccc2CNCCCCO)cc1. The van der Waals surface area contributed by atoms with Crippen LogP contribution in [0.5, 0.6) is 5.75 Å². The number of hydrogen-bond donors (Lipinski definition) is 2. The molecule has 0 heterocycles. The van der Waals surface area contributed by atoms with Crippen LogP contribution in [0.25, 0.3) is 0 Å². The van der Waals surface area contributed by atoms with E-state index in [9.17, 15) is 0 Å². The Kier molecular flexibility index (Phi) is 6.94. The molecule has 0 spiro atoms. The van der Waals surface area contributed by atoms with Gasteiger partial charge in [0.2, 0.25) is 0 Å². The Hall–Kier alpha value is -1.84. The van der Waals surface area contributed by atoms with Crippen molar-refractivity contribution in [1.82, 2.24) is 5.32 Å². The minimum atomic E-state index is 0.262. The van der Waals surface area contributed by atoms with Crippen molar-refractivity contribution >= 4 is 0 Å². The van der Waals surface area contributed by atoms with E-state index in [1.54, 1.807) is 0 Å². The largest absolute Gasteiger partial charge is 0.489 e. The van der Waals surface area contributed by atoms with Gasteiger partial charge in [0.15, 0.2) is 0 Å². The van der Waals surface area contributed by atoms with Gasteiger partial charge in [0, 0.05) is 18.7 Å². The minimum Gasteiger partial charge on any atom is -0.489 e. The molecule has 0 bridgehead atoms. The molecule has 0 saturated carbocycles. The Labute approximate surface area is 133 Å². The quantitative estimate of drug-likeness (QED) is 0.697. The monoisotopic (exact) mass is 299 g/mol. The maximum atomic E-state index is 8.77. The molecule has 0 aliphatic rings. The molecule has 0 atom stereocenters. The van der Waals surface area contributed by atoms with Crippen molar-refractivity contribution in [1.29, 1.82) is 0 Å². The zero-order valence-electron chi connectivity index (χ0n) is 13.2. The lowest BCUT2D eigenvalue weighted by atomic mass is 10.1. The first kappa shape index (κ1) is 16.5. The molecule has 0 saturated heterocycles. The van der Waals surface area contributed by atoms with Gasteiger partial charge in [-0.1, -0.05) is 48.0 Å². The highest BCUT2D eigenvalue weighted by Gasteiger charge is 2.03. The topological polar surface area (TPSA) is 41.5 Å². The second-order valence-electron chi connectivity index (χ2n) is 5.49. The summed E-state index contributed by atoms with van der Waals surface area (Å²) in [4.78, 5) is 0. The smallest absolute Gasteiger partial charge is 0.124 e. The van der Waals surface area contributed by atoms with Crippen molar-refractivity contribution in [3.05, 3.63) is 65.2 Å². The number of rotatable bonds is 9.